The summed E-state index contributed by atoms with van der Waals surface area (Å²) in [4.78, 5) is 0. The maximum absolute atomic E-state index is 6.08. The Hall–Kier alpha value is -1.28. The highest BCUT2D eigenvalue weighted by Crippen LogP contribution is 2.41. The Labute approximate surface area is 121 Å². The van der Waals surface area contributed by atoms with Crippen molar-refractivity contribution in [1.29, 1.82) is 0 Å². The first kappa shape index (κ1) is 13.7. The van der Waals surface area contributed by atoms with Crippen LogP contribution in [-0.4, -0.2) is 13.1 Å². The zero-order chi connectivity index (χ0) is 13.9. The first-order chi connectivity index (χ1) is 9.74. The zero-order valence-electron chi connectivity index (χ0n) is 12.6. The smallest absolute Gasteiger partial charge is 0.134 e. The Morgan fingerprint density at radius 3 is 2.90 bits per heavy atom. The van der Waals surface area contributed by atoms with Gasteiger partial charge in [0.05, 0.1) is 0 Å². The summed E-state index contributed by atoms with van der Waals surface area (Å²) in [5.74, 6) is 3.25. The largest absolute Gasteiger partial charge is 0.461 e. The van der Waals surface area contributed by atoms with E-state index in [4.69, 9.17) is 4.42 Å². The molecule has 0 bridgehead atoms. The molecule has 1 aliphatic carbocycles. The lowest BCUT2D eigenvalue weighted by molar-refractivity contribution is 0.382. The van der Waals surface area contributed by atoms with Gasteiger partial charge in [0.15, 0.2) is 0 Å². The van der Waals surface area contributed by atoms with Gasteiger partial charge in [0.2, 0.25) is 0 Å². The van der Waals surface area contributed by atoms with Crippen molar-refractivity contribution < 1.29 is 4.42 Å². The van der Waals surface area contributed by atoms with E-state index in [2.05, 4.69) is 43.4 Å². The Kier molecular flexibility index (Phi) is 4.11. The molecule has 1 aromatic carbocycles. The lowest BCUT2D eigenvalue weighted by atomic mass is 9.93. The van der Waals surface area contributed by atoms with Crippen molar-refractivity contribution in [2.45, 2.75) is 39.0 Å². The van der Waals surface area contributed by atoms with Crippen LogP contribution in [0.1, 0.15) is 44.8 Å². The molecule has 3 rings (SSSR count). The van der Waals surface area contributed by atoms with Crippen LogP contribution in [-0.2, 0) is 0 Å². The van der Waals surface area contributed by atoms with Gasteiger partial charge in [-0.25, -0.2) is 0 Å². The van der Waals surface area contributed by atoms with Gasteiger partial charge in [-0.15, -0.1) is 0 Å². The molecule has 1 heterocycles. The number of hydrogen-bond acceptors (Lipinski definition) is 2. The van der Waals surface area contributed by atoms with Gasteiger partial charge in [0, 0.05) is 11.3 Å². The third-order valence-corrected chi connectivity index (χ3v) is 4.43. The van der Waals surface area contributed by atoms with Crippen molar-refractivity contribution in [1.82, 2.24) is 5.32 Å². The average molecular weight is 271 g/mol. The van der Waals surface area contributed by atoms with E-state index in [9.17, 15) is 0 Å². The van der Waals surface area contributed by atoms with Crippen molar-refractivity contribution in [2.24, 2.45) is 11.8 Å². The monoisotopic (exact) mass is 271 g/mol. The molecule has 1 N–H and O–H groups in total. The Balaban J connectivity index is 1.71. The molecule has 2 aromatic rings. The summed E-state index contributed by atoms with van der Waals surface area (Å²) in [7, 11) is 0. The number of para-hydroxylation sites is 1. The van der Waals surface area contributed by atoms with Crippen molar-refractivity contribution >= 4 is 11.0 Å². The number of furan rings is 1. The summed E-state index contributed by atoms with van der Waals surface area (Å²) < 4.78 is 6.08. The van der Waals surface area contributed by atoms with Gasteiger partial charge in [0.1, 0.15) is 11.3 Å². The van der Waals surface area contributed by atoms with Crippen molar-refractivity contribution in [2.75, 3.05) is 13.1 Å². The Morgan fingerprint density at radius 1 is 1.25 bits per heavy atom. The first-order valence-electron chi connectivity index (χ1n) is 7.93. The lowest BCUT2D eigenvalue weighted by Gasteiger charge is -2.19. The Morgan fingerprint density at radius 2 is 2.10 bits per heavy atom. The van der Waals surface area contributed by atoms with Gasteiger partial charge in [-0.3, -0.25) is 0 Å². The van der Waals surface area contributed by atoms with Gasteiger partial charge < -0.3 is 9.73 Å². The van der Waals surface area contributed by atoms with Gasteiger partial charge in [0.25, 0.3) is 0 Å². The van der Waals surface area contributed by atoms with Crippen LogP contribution in [0.15, 0.2) is 34.7 Å². The van der Waals surface area contributed by atoms with E-state index in [1.807, 2.05) is 6.07 Å². The number of rotatable bonds is 5. The molecule has 2 nitrogen and oxygen atoms in total. The zero-order valence-corrected chi connectivity index (χ0v) is 12.6. The summed E-state index contributed by atoms with van der Waals surface area (Å²) in [6.45, 7) is 6.76. The van der Waals surface area contributed by atoms with E-state index >= 15 is 0 Å². The molecule has 2 heteroatoms. The lowest BCUT2D eigenvalue weighted by Crippen LogP contribution is -2.27. The normalized spacial score (nSPS) is 22.9. The van der Waals surface area contributed by atoms with E-state index in [1.54, 1.807) is 0 Å². The molecule has 0 amide bonds. The molecule has 0 spiro atoms. The van der Waals surface area contributed by atoms with Gasteiger partial charge in [-0.2, -0.15) is 0 Å². The molecular formula is C18H25NO. The molecule has 1 saturated carbocycles. The third kappa shape index (κ3) is 2.90. The van der Waals surface area contributed by atoms with Crippen LogP contribution in [0.4, 0.5) is 0 Å². The predicted molar refractivity (Wildman–Crippen MR) is 84.0 cm³/mol. The topological polar surface area (TPSA) is 25.2 Å². The van der Waals surface area contributed by atoms with Crippen molar-refractivity contribution in [3.8, 4) is 0 Å². The van der Waals surface area contributed by atoms with E-state index in [1.165, 1.54) is 30.4 Å². The minimum atomic E-state index is 0.599. The fourth-order valence-corrected chi connectivity index (χ4v) is 3.40. The van der Waals surface area contributed by atoms with E-state index in [0.717, 1.165) is 30.5 Å². The summed E-state index contributed by atoms with van der Waals surface area (Å²) in [6, 6.07) is 10.6. The minimum absolute atomic E-state index is 0.599. The maximum atomic E-state index is 6.08. The standard InChI is InChI=1S/C18H25NO/c1-13(2)11-19-12-15-7-5-8-16(15)18-10-14-6-3-4-9-17(14)20-18/h3-4,6,9-10,13,15-16,19H,5,7-8,11-12H2,1-2H3. The van der Waals surface area contributed by atoms with Crippen LogP contribution in [0.5, 0.6) is 0 Å². The van der Waals surface area contributed by atoms with E-state index in [-0.39, 0.29) is 0 Å². The fraction of sp³-hybridized carbons (Fsp3) is 0.556. The summed E-state index contributed by atoms with van der Waals surface area (Å²) >= 11 is 0. The fourth-order valence-electron chi connectivity index (χ4n) is 3.40. The highest BCUT2D eigenvalue weighted by Gasteiger charge is 2.30. The molecule has 0 saturated heterocycles. The van der Waals surface area contributed by atoms with Gasteiger partial charge in [-0.05, 0) is 49.9 Å². The van der Waals surface area contributed by atoms with E-state index in [0.29, 0.717) is 5.92 Å². The highest BCUT2D eigenvalue weighted by molar-refractivity contribution is 5.77. The molecule has 2 unspecified atom stereocenters. The second-order valence-corrected chi connectivity index (χ2v) is 6.54. The van der Waals surface area contributed by atoms with Crippen LogP contribution in [0.2, 0.25) is 0 Å². The summed E-state index contributed by atoms with van der Waals surface area (Å²) in [6.07, 6.45) is 3.93. The maximum Gasteiger partial charge on any atom is 0.134 e. The number of nitrogens with one attached hydrogen (secondary N) is 1. The first-order valence-corrected chi connectivity index (χ1v) is 7.93. The Bertz CT molecular complexity index is 524. The van der Waals surface area contributed by atoms with Crippen LogP contribution in [0.25, 0.3) is 11.0 Å². The molecule has 1 aliphatic rings. The van der Waals surface area contributed by atoms with Gasteiger partial charge in [-0.1, -0.05) is 38.5 Å². The molecular weight excluding hydrogens is 246 g/mol. The molecule has 108 valence electrons. The molecule has 20 heavy (non-hydrogen) atoms. The molecule has 0 radical (unpaired) electrons. The number of hydrogen-bond donors (Lipinski definition) is 1. The van der Waals surface area contributed by atoms with Gasteiger partial charge >= 0.3 is 0 Å². The second kappa shape index (κ2) is 6.01. The highest BCUT2D eigenvalue weighted by atomic mass is 16.3. The predicted octanol–water partition coefficient (Wildman–Crippen LogP) is 4.56. The number of benzene rings is 1. The quantitative estimate of drug-likeness (QED) is 0.862. The van der Waals surface area contributed by atoms with E-state index < -0.39 is 0 Å². The minimum Gasteiger partial charge on any atom is -0.461 e. The SMILES string of the molecule is CC(C)CNCC1CCCC1c1cc2ccccc2o1. The van der Waals surface area contributed by atoms with Crippen LogP contribution in [0, 0.1) is 11.8 Å². The summed E-state index contributed by atoms with van der Waals surface area (Å²) in [5, 5.41) is 4.86. The van der Waals surface area contributed by atoms with Crippen LogP contribution < -0.4 is 5.32 Å². The van der Waals surface area contributed by atoms with Crippen LogP contribution in [0.3, 0.4) is 0 Å². The van der Waals surface area contributed by atoms with Crippen LogP contribution >= 0.6 is 0 Å². The third-order valence-electron chi connectivity index (χ3n) is 4.43. The molecule has 1 aromatic heterocycles. The molecule has 1 fully saturated rings. The summed E-state index contributed by atoms with van der Waals surface area (Å²) in [5.41, 5.74) is 1.03. The van der Waals surface area contributed by atoms with Crippen molar-refractivity contribution in [3.63, 3.8) is 0 Å². The second-order valence-electron chi connectivity index (χ2n) is 6.54. The number of fused-ring (bicyclic) bond motifs is 1. The molecule has 2 atom stereocenters. The van der Waals surface area contributed by atoms with Crippen molar-refractivity contribution in [3.05, 3.63) is 36.1 Å². The molecule has 0 aliphatic heterocycles. The average Bonchev–Trinajstić information content (AvgIpc) is 3.03.